The molecule has 0 radical (unpaired) electrons. The Morgan fingerprint density at radius 2 is 2.00 bits per heavy atom. The van der Waals surface area contributed by atoms with Crippen LogP contribution in [-0.2, 0) is 6.42 Å². The summed E-state index contributed by atoms with van der Waals surface area (Å²) in [5.74, 6) is -0.237. The van der Waals surface area contributed by atoms with E-state index < -0.39 is 0 Å². The molecule has 2 rings (SSSR count). The summed E-state index contributed by atoms with van der Waals surface area (Å²) < 4.78 is 14.6. The minimum absolute atomic E-state index is 0.237. The highest BCUT2D eigenvalue weighted by atomic mass is 19.1. The van der Waals surface area contributed by atoms with Crippen LogP contribution < -0.4 is 5.73 Å². The first kappa shape index (κ1) is 9.86. The van der Waals surface area contributed by atoms with Crippen LogP contribution in [0.4, 0.5) is 4.39 Å². The lowest BCUT2D eigenvalue weighted by molar-refractivity contribution is 0.627. The fourth-order valence-corrected chi connectivity index (χ4v) is 1.49. The van der Waals surface area contributed by atoms with Crippen LogP contribution in [0.2, 0.25) is 0 Å². The van der Waals surface area contributed by atoms with E-state index in [0.29, 0.717) is 6.54 Å². The topological polar surface area (TPSA) is 43.8 Å². The molecule has 0 saturated heterocycles. The Morgan fingerprint density at radius 3 is 2.67 bits per heavy atom. The second-order valence-corrected chi connectivity index (χ2v) is 3.27. The number of hydrogen-bond acceptors (Lipinski definition) is 2. The first-order chi connectivity index (χ1) is 7.31. The van der Waals surface area contributed by atoms with Gasteiger partial charge in [-0.15, -0.1) is 0 Å². The van der Waals surface area contributed by atoms with E-state index in [1.807, 2.05) is 4.57 Å². The lowest BCUT2D eigenvalue weighted by Crippen LogP contribution is -2.07. The highest BCUT2D eigenvalue weighted by Gasteiger charge is 2.03. The second kappa shape index (κ2) is 4.23. The molecule has 0 fully saturated rings. The summed E-state index contributed by atoms with van der Waals surface area (Å²) in [5.41, 5.74) is 7.42. The summed E-state index contributed by atoms with van der Waals surface area (Å²) in [7, 11) is 0. The predicted molar refractivity (Wildman–Crippen MR) is 56.3 cm³/mol. The molecule has 0 spiro atoms. The zero-order valence-electron chi connectivity index (χ0n) is 8.23. The van der Waals surface area contributed by atoms with E-state index in [2.05, 4.69) is 4.98 Å². The van der Waals surface area contributed by atoms with Gasteiger partial charge in [-0.3, -0.25) is 0 Å². The Labute approximate surface area is 87.4 Å². The van der Waals surface area contributed by atoms with Crippen molar-refractivity contribution in [3.8, 4) is 5.69 Å². The fraction of sp³-hybridized carbons (Fsp3) is 0.182. The standard InChI is InChI=1S/C11H12FN3/c12-9-1-3-10(4-2-9)15-8-14-7-11(15)5-6-13/h1-4,7-8H,5-6,13H2. The first-order valence-electron chi connectivity index (χ1n) is 4.78. The molecular weight excluding hydrogens is 193 g/mol. The summed E-state index contributed by atoms with van der Waals surface area (Å²) in [6, 6.07) is 6.30. The molecule has 0 saturated carbocycles. The van der Waals surface area contributed by atoms with Crippen molar-refractivity contribution in [2.45, 2.75) is 6.42 Å². The molecule has 0 aliphatic rings. The summed E-state index contributed by atoms with van der Waals surface area (Å²) in [6.07, 6.45) is 4.24. The average molecular weight is 205 g/mol. The molecule has 0 aliphatic carbocycles. The van der Waals surface area contributed by atoms with Gasteiger partial charge in [-0.05, 0) is 30.8 Å². The van der Waals surface area contributed by atoms with Crippen molar-refractivity contribution in [2.24, 2.45) is 5.73 Å². The van der Waals surface area contributed by atoms with E-state index in [1.54, 1.807) is 24.7 Å². The lowest BCUT2D eigenvalue weighted by atomic mass is 10.2. The van der Waals surface area contributed by atoms with Crippen LogP contribution in [0.3, 0.4) is 0 Å². The number of hydrogen-bond donors (Lipinski definition) is 1. The highest BCUT2D eigenvalue weighted by molar-refractivity contribution is 5.33. The van der Waals surface area contributed by atoms with E-state index in [-0.39, 0.29) is 5.82 Å². The van der Waals surface area contributed by atoms with Crippen molar-refractivity contribution >= 4 is 0 Å². The SMILES string of the molecule is NCCc1cncn1-c1ccc(F)cc1. The van der Waals surface area contributed by atoms with Crippen LogP contribution in [0.1, 0.15) is 5.69 Å². The van der Waals surface area contributed by atoms with E-state index in [1.165, 1.54) is 12.1 Å². The summed E-state index contributed by atoms with van der Waals surface area (Å²) >= 11 is 0. The van der Waals surface area contributed by atoms with Gasteiger partial charge in [0.15, 0.2) is 0 Å². The monoisotopic (exact) mass is 205 g/mol. The molecule has 0 amide bonds. The van der Waals surface area contributed by atoms with E-state index >= 15 is 0 Å². The first-order valence-corrected chi connectivity index (χ1v) is 4.78. The smallest absolute Gasteiger partial charge is 0.123 e. The number of halogens is 1. The van der Waals surface area contributed by atoms with Gasteiger partial charge in [-0.25, -0.2) is 9.37 Å². The number of rotatable bonds is 3. The van der Waals surface area contributed by atoms with Crippen molar-refractivity contribution in [3.63, 3.8) is 0 Å². The van der Waals surface area contributed by atoms with Crippen molar-refractivity contribution in [2.75, 3.05) is 6.54 Å². The van der Waals surface area contributed by atoms with Crippen molar-refractivity contribution in [1.29, 1.82) is 0 Å². The van der Waals surface area contributed by atoms with Crippen LogP contribution in [0.25, 0.3) is 5.69 Å². The lowest BCUT2D eigenvalue weighted by Gasteiger charge is -2.06. The third kappa shape index (κ3) is 2.05. The molecule has 4 heteroatoms. The third-order valence-electron chi connectivity index (χ3n) is 2.22. The molecule has 1 aromatic carbocycles. The van der Waals surface area contributed by atoms with Crippen molar-refractivity contribution < 1.29 is 4.39 Å². The number of nitrogens with zero attached hydrogens (tertiary/aromatic N) is 2. The van der Waals surface area contributed by atoms with E-state index in [4.69, 9.17) is 5.73 Å². The van der Waals surface area contributed by atoms with E-state index in [9.17, 15) is 4.39 Å². The van der Waals surface area contributed by atoms with Crippen LogP contribution in [0.15, 0.2) is 36.8 Å². The van der Waals surface area contributed by atoms with Gasteiger partial charge in [0, 0.05) is 24.0 Å². The zero-order chi connectivity index (χ0) is 10.7. The van der Waals surface area contributed by atoms with Crippen LogP contribution in [-0.4, -0.2) is 16.1 Å². The molecule has 1 aromatic heterocycles. The molecule has 2 aromatic rings. The molecule has 2 N–H and O–H groups in total. The van der Waals surface area contributed by atoms with Crippen LogP contribution in [0.5, 0.6) is 0 Å². The Hall–Kier alpha value is -1.68. The van der Waals surface area contributed by atoms with Gasteiger partial charge in [0.25, 0.3) is 0 Å². The molecule has 1 heterocycles. The average Bonchev–Trinajstić information content (AvgIpc) is 2.68. The molecular formula is C11H12FN3. The minimum Gasteiger partial charge on any atom is -0.330 e. The van der Waals surface area contributed by atoms with Gasteiger partial charge in [0.1, 0.15) is 5.82 Å². The largest absolute Gasteiger partial charge is 0.330 e. The summed E-state index contributed by atoms with van der Waals surface area (Å²) in [6.45, 7) is 0.576. The maximum atomic E-state index is 12.7. The normalized spacial score (nSPS) is 10.5. The molecule has 15 heavy (non-hydrogen) atoms. The number of aromatic nitrogens is 2. The minimum atomic E-state index is -0.237. The van der Waals surface area contributed by atoms with Gasteiger partial charge in [-0.1, -0.05) is 0 Å². The van der Waals surface area contributed by atoms with Crippen LogP contribution >= 0.6 is 0 Å². The predicted octanol–water partition coefficient (Wildman–Crippen LogP) is 1.51. The molecule has 0 unspecified atom stereocenters. The quantitative estimate of drug-likeness (QED) is 0.825. The number of imidazole rings is 1. The molecule has 0 atom stereocenters. The highest BCUT2D eigenvalue weighted by Crippen LogP contribution is 2.12. The van der Waals surface area contributed by atoms with Crippen LogP contribution in [0, 0.1) is 5.82 Å². The van der Waals surface area contributed by atoms with Gasteiger partial charge in [0.2, 0.25) is 0 Å². The van der Waals surface area contributed by atoms with Crippen molar-refractivity contribution in [1.82, 2.24) is 9.55 Å². The van der Waals surface area contributed by atoms with Gasteiger partial charge < -0.3 is 10.3 Å². The zero-order valence-corrected chi connectivity index (χ0v) is 8.23. The Bertz CT molecular complexity index is 433. The summed E-state index contributed by atoms with van der Waals surface area (Å²) in [5, 5.41) is 0. The Balaban J connectivity index is 2.36. The molecule has 0 aliphatic heterocycles. The van der Waals surface area contributed by atoms with Crippen molar-refractivity contribution in [3.05, 3.63) is 48.3 Å². The van der Waals surface area contributed by atoms with Gasteiger partial charge in [0.05, 0.1) is 6.33 Å². The maximum absolute atomic E-state index is 12.7. The Morgan fingerprint density at radius 1 is 1.27 bits per heavy atom. The second-order valence-electron chi connectivity index (χ2n) is 3.27. The Kier molecular flexibility index (Phi) is 2.78. The van der Waals surface area contributed by atoms with Gasteiger partial charge in [-0.2, -0.15) is 0 Å². The number of nitrogens with two attached hydrogens (primary N) is 1. The third-order valence-corrected chi connectivity index (χ3v) is 2.22. The number of benzene rings is 1. The summed E-state index contributed by atoms with van der Waals surface area (Å²) in [4.78, 5) is 4.05. The van der Waals surface area contributed by atoms with E-state index in [0.717, 1.165) is 17.8 Å². The fourth-order valence-electron chi connectivity index (χ4n) is 1.49. The molecule has 78 valence electrons. The molecule has 3 nitrogen and oxygen atoms in total. The maximum Gasteiger partial charge on any atom is 0.123 e. The molecule has 0 bridgehead atoms. The van der Waals surface area contributed by atoms with Gasteiger partial charge >= 0.3 is 0 Å².